The molecule has 0 unspecified atom stereocenters. The first-order valence-corrected chi connectivity index (χ1v) is 17.5. The number of rotatable bonds is 7. The lowest BCUT2D eigenvalue weighted by Crippen LogP contribution is -2.68. The lowest BCUT2D eigenvalue weighted by molar-refractivity contribution is -0.339. The molecule has 0 spiro atoms. The topological polar surface area (TPSA) is 160 Å². The number of ether oxygens (including phenoxy) is 2. The van der Waals surface area contributed by atoms with Crippen molar-refractivity contribution < 1.29 is 45.2 Å². The fourth-order valence-electron chi connectivity index (χ4n) is 12.0. The van der Waals surface area contributed by atoms with E-state index in [2.05, 4.69) is 40.7 Å². The zero-order valence-electron chi connectivity index (χ0n) is 28.8. The van der Waals surface area contributed by atoms with Crippen molar-refractivity contribution in [3.63, 3.8) is 0 Å². The van der Waals surface area contributed by atoms with Crippen molar-refractivity contribution in [3.05, 3.63) is 11.6 Å². The molecule has 5 fully saturated rings. The van der Waals surface area contributed by atoms with Crippen LogP contribution in [0.5, 0.6) is 0 Å². The largest absolute Gasteiger partial charge is 0.394 e. The third kappa shape index (κ3) is 5.30. The molecule has 0 amide bonds. The van der Waals surface area contributed by atoms with Gasteiger partial charge < -0.3 is 45.2 Å². The summed E-state index contributed by atoms with van der Waals surface area (Å²) in [5.74, 6) is 0.660. The summed E-state index contributed by atoms with van der Waals surface area (Å²) in [5.41, 5.74) is -1.09. The summed E-state index contributed by atoms with van der Waals surface area (Å²) >= 11 is 0. The van der Waals surface area contributed by atoms with Crippen LogP contribution in [0.15, 0.2) is 11.6 Å². The molecule has 4 aliphatic carbocycles. The molecule has 260 valence electrons. The molecule has 0 aromatic rings. The van der Waals surface area contributed by atoms with Crippen LogP contribution in [0.25, 0.3) is 0 Å². The van der Waals surface area contributed by atoms with E-state index in [1.807, 2.05) is 20.8 Å². The first-order valence-electron chi connectivity index (χ1n) is 17.5. The maximum Gasteiger partial charge on any atom is 0.187 e. The van der Waals surface area contributed by atoms with Crippen molar-refractivity contribution in [1.82, 2.24) is 0 Å². The minimum absolute atomic E-state index is 0.107. The Morgan fingerprint density at radius 2 is 1.58 bits per heavy atom. The third-order valence-electron chi connectivity index (χ3n) is 14.6. The molecule has 7 N–H and O–H groups in total. The molecule has 0 aromatic carbocycles. The summed E-state index contributed by atoms with van der Waals surface area (Å²) in [6, 6.07) is 0. The van der Waals surface area contributed by atoms with Crippen molar-refractivity contribution in [2.24, 2.45) is 45.3 Å². The highest BCUT2D eigenvalue weighted by molar-refractivity contribution is 5.21. The smallest absolute Gasteiger partial charge is 0.187 e. The lowest BCUT2D eigenvalue weighted by atomic mass is 9.37. The summed E-state index contributed by atoms with van der Waals surface area (Å²) in [6.45, 7) is 16.7. The Hall–Kier alpha value is -0.620. The molecule has 0 radical (unpaired) electrons. The summed E-state index contributed by atoms with van der Waals surface area (Å²) in [4.78, 5) is 0. The SMILES string of the molecule is CC(C)=CCC[C@](C)(O[C@@H]1O[C@H](CO)[C@@H](O)[C@H](O)[C@H]1O)[C@H]1CC[C@@]2(C)[C@@H]3CC[C@H]4C(C)(C)[C@@H](O)[C@H](O)C[C@]4(C)[C@H]3C[C@@H](O)[C@]12C. The maximum absolute atomic E-state index is 12.4. The average Bonchev–Trinajstić information content (AvgIpc) is 3.25. The second-order valence-electron chi connectivity index (χ2n) is 17.4. The van der Waals surface area contributed by atoms with Crippen LogP contribution in [-0.2, 0) is 9.47 Å². The highest BCUT2D eigenvalue weighted by Crippen LogP contribution is 2.75. The molecule has 1 saturated heterocycles. The fraction of sp³-hybridized carbons (Fsp3) is 0.944. The minimum Gasteiger partial charge on any atom is -0.394 e. The molecule has 16 atom stereocenters. The van der Waals surface area contributed by atoms with E-state index in [0.29, 0.717) is 25.2 Å². The summed E-state index contributed by atoms with van der Waals surface area (Å²) in [5, 5.41) is 76.3. The van der Waals surface area contributed by atoms with E-state index >= 15 is 0 Å². The van der Waals surface area contributed by atoms with Gasteiger partial charge in [-0.15, -0.1) is 0 Å². The zero-order chi connectivity index (χ0) is 33.5. The van der Waals surface area contributed by atoms with Gasteiger partial charge in [-0.05, 0) is 112 Å². The third-order valence-corrected chi connectivity index (χ3v) is 14.6. The van der Waals surface area contributed by atoms with Gasteiger partial charge in [-0.3, -0.25) is 0 Å². The predicted octanol–water partition coefficient (Wildman–Crippen LogP) is 3.30. The van der Waals surface area contributed by atoms with E-state index in [0.717, 1.165) is 32.1 Å². The molecular formula is C36H62O9. The standard InChI is InChI=1S/C36H62O9/c1-19(2)10-9-14-35(7,45-31-29(42)28(41)27(40)23(18-37)44-31)25-13-15-34(6)20-11-12-24-32(3,4)30(43)22(38)17-33(24,5)21(20)16-26(39)36(25,34)8/h10,20-31,37-43H,9,11-18H2,1-8H3/t20-,21+,22-,23-,24+,25-,26-,27-,28+,29-,30+,31+,33-,34+,35+,36+/m1/s1. The van der Waals surface area contributed by atoms with Crippen LogP contribution < -0.4 is 0 Å². The van der Waals surface area contributed by atoms with Crippen molar-refractivity contribution in [1.29, 1.82) is 0 Å². The Labute approximate surface area is 270 Å². The van der Waals surface area contributed by atoms with Crippen LogP contribution >= 0.6 is 0 Å². The van der Waals surface area contributed by atoms with E-state index in [9.17, 15) is 35.7 Å². The minimum atomic E-state index is -1.53. The number of allylic oxidation sites excluding steroid dienone is 2. The van der Waals surface area contributed by atoms with Crippen LogP contribution in [0.1, 0.15) is 107 Å². The average molecular weight is 639 g/mol. The predicted molar refractivity (Wildman–Crippen MR) is 170 cm³/mol. The summed E-state index contributed by atoms with van der Waals surface area (Å²) in [6.07, 6.45) is -0.702. The highest BCUT2D eigenvalue weighted by atomic mass is 16.7. The van der Waals surface area contributed by atoms with Gasteiger partial charge in [0, 0.05) is 5.41 Å². The van der Waals surface area contributed by atoms with E-state index < -0.39 is 72.1 Å². The number of hydrogen-bond donors (Lipinski definition) is 7. The van der Waals surface area contributed by atoms with Crippen LogP contribution in [0, 0.1) is 45.3 Å². The van der Waals surface area contributed by atoms with Crippen molar-refractivity contribution >= 4 is 0 Å². The first-order chi connectivity index (χ1) is 20.8. The number of aliphatic hydroxyl groups is 7. The second kappa shape index (κ2) is 12.1. The fourth-order valence-corrected chi connectivity index (χ4v) is 12.0. The maximum atomic E-state index is 12.4. The van der Waals surface area contributed by atoms with Crippen molar-refractivity contribution in [2.45, 2.75) is 161 Å². The Morgan fingerprint density at radius 1 is 0.911 bits per heavy atom. The van der Waals surface area contributed by atoms with Crippen molar-refractivity contribution in [3.8, 4) is 0 Å². The monoisotopic (exact) mass is 638 g/mol. The lowest BCUT2D eigenvalue weighted by Gasteiger charge is -2.69. The van der Waals surface area contributed by atoms with E-state index in [-0.39, 0.29) is 28.6 Å². The number of fused-ring (bicyclic) bond motifs is 5. The van der Waals surface area contributed by atoms with Gasteiger partial charge in [-0.25, -0.2) is 0 Å². The van der Waals surface area contributed by atoms with Gasteiger partial charge >= 0.3 is 0 Å². The molecule has 1 aliphatic heterocycles. The Kier molecular flexibility index (Phi) is 9.56. The second-order valence-corrected chi connectivity index (χ2v) is 17.4. The Bertz CT molecular complexity index is 1110. The van der Waals surface area contributed by atoms with Gasteiger partial charge in [0.25, 0.3) is 0 Å². The van der Waals surface area contributed by atoms with Gasteiger partial charge in [0.1, 0.15) is 24.4 Å². The van der Waals surface area contributed by atoms with Gasteiger partial charge in [0.2, 0.25) is 0 Å². The van der Waals surface area contributed by atoms with Crippen molar-refractivity contribution in [2.75, 3.05) is 6.61 Å². The Balaban J connectivity index is 1.50. The highest BCUT2D eigenvalue weighted by Gasteiger charge is 2.72. The molecule has 9 heteroatoms. The van der Waals surface area contributed by atoms with Crippen LogP contribution in [0.2, 0.25) is 0 Å². The number of hydrogen-bond acceptors (Lipinski definition) is 9. The molecule has 4 saturated carbocycles. The van der Waals surface area contributed by atoms with E-state index in [1.54, 1.807) is 0 Å². The first kappa shape index (κ1) is 35.7. The summed E-state index contributed by atoms with van der Waals surface area (Å²) in [7, 11) is 0. The molecule has 1 heterocycles. The van der Waals surface area contributed by atoms with Crippen LogP contribution in [0.3, 0.4) is 0 Å². The van der Waals surface area contributed by atoms with Gasteiger partial charge in [0.15, 0.2) is 6.29 Å². The molecule has 0 bridgehead atoms. The van der Waals surface area contributed by atoms with Gasteiger partial charge in [0.05, 0.1) is 30.5 Å². The van der Waals surface area contributed by atoms with E-state index in [4.69, 9.17) is 9.47 Å². The van der Waals surface area contributed by atoms with E-state index in [1.165, 1.54) is 5.57 Å². The molecule has 5 rings (SSSR count). The zero-order valence-corrected chi connectivity index (χ0v) is 28.8. The molecule has 45 heavy (non-hydrogen) atoms. The van der Waals surface area contributed by atoms with Crippen LogP contribution in [-0.4, -0.2) is 97.0 Å². The Morgan fingerprint density at radius 3 is 2.20 bits per heavy atom. The van der Waals surface area contributed by atoms with Gasteiger partial charge in [-0.1, -0.05) is 46.3 Å². The molecule has 0 aromatic heterocycles. The quantitative estimate of drug-likeness (QED) is 0.208. The van der Waals surface area contributed by atoms with Crippen LogP contribution in [0.4, 0.5) is 0 Å². The molecule has 9 nitrogen and oxygen atoms in total. The number of aliphatic hydroxyl groups excluding tert-OH is 7. The molecule has 5 aliphatic rings. The van der Waals surface area contributed by atoms with Gasteiger partial charge in [-0.2, -0.15) is 0 Å². The molecular weight excluding hydrogens is 576 g/mol. The normalized spacial score (nSPS) is 52.2. The summed E-state index contributed by atoms with van der Waals surface area (Å²) < 4.78 is 12.6.